The third kappa shape index (κ3) is 0.881. The van der Waals surface area contributed by atoms with Crippen LogP contribution in [0.1, 0.15) is 10.5 Å². The molecule has 4 nitrogen and oxygen atoms in total. The van der Waals surface area contributed by atoms with Gasteiger partial charge in [0.2, 0.25) is 0 Å². The highest BCUT2D eigenvalue weighted by Gasteiger charge is 1.94. The number of fused-ring (bicyclic) bond motifs is 1. The van der Waals surface area contributed by atoms with Gasteiger partial charge in [0.25, 0.3) is 0 Å². The van der Waals surface area contributed by atoms with Gasteiger partial charge in [0.1, 0.15) is 12.0 Å². The Morgan fingerprint density at radius 2 is 2.36 bits per heavy atom. The van der Waals surface area contributed by atoms with Crippen molar-refractivity contribution in [3.8, 4) is 0 Å². The van der Waals surface area contributed by atoms with Crippen LogP contribution < -0.4 is 0 Å². The number of carbonyl (C=O) groups excluding carboxylic acids is 1. The van der Waals surface area contributed by atoms with Crippen LogP contribution in [-0.4, -0.2) is 20.9 Å². The van der Waals surface area contributed by atoms with Gasteiger partial charge in [-0.2, -0.15) is 5.10 Å². The molecule has 2 rings (SSSR count). The van der Waals surface area contributed by atoms with Crippen LogP contribution in [0.25, 0.3) is 5.52 Å². The van der Waals surface area contributed by atoms with Gasteiger partial charge >= 0.3 is 0 Å². The molecule has 2 aromatic heterocycles. The first-order valence-electron chi connectivity index (χ1n) is 3.15. The van der Waals surface area contributed by atoms with Crippen molar-refractivity contribution in [2.75, 3.05) is 0 Å². The lowest BCUT2D eigenvalue weighted by molar-refractivity contribution is 0.111. The highest BCUT2D eigenvalue weighted by molar-refractivity contribution is 5.72. The molecule has 0 fully saturated rings. The van der Waals surface area contributed by atoms with Gasteiger partial charge in [0, 0.05) is 0 Å². The number of aromatic nitrogens is 3. The van der Waals surface area contributed by atoms with Crippen LogP contribution in [0.15, 0.2) is 24.7 Å². The second-order valence-corrected chi connectivity index (χ2v) is 2.14. The molecule has 0 unspecified atom stereocenters. The molecule has 0 radical (unpaired) electrons. The van der Waals surface area contributed by atoms with E-state index in [2.05, 4.69) is 10.1 Å². The fraction of sp³-hybridized carbons (Fsp3) is 0. The second-order valence-electron chi connectivity index (χ2n) is 2.14. The fourth-order valence-corrected chi connectivity index (χ4v) is 0.893. The molecule has 0 saturated carbocycles. The number of imidazole rings is 1. The van der Waals surface area contributed by atoms with Gasteiger partial charge in [-0.15, -0.1) is 0 Å². The molecule has 0 aliphatic carbocycles. The summed E-state index contributed by atoms with van der Waals surface area (Å²) in [6.45, 7) is 0. The van der Waals surface area contributed by atoms with Gasteiger partial charge in [-0.25, -0.2) is 9.50 Å². The summed E-state index contributed by atoms with van der Waals surface area (Å²) in [4.78, 5) is 14.1. The predicted octanol–water partition coefficient (Wildman–Crippen LogP) is 0.542. The minimum atomic E-state index is 0.413. The number of hydrogen-bond acceptors (Lipinski definition) is 3. The van der Waals surface area contributed by atoms with E-state index in [1.165, 1.54) is 0 Å². The molecule has 0 spiro atoms. The Morgan fingerprint density at radius 3 is 3.18 bits per heavy atom. The number of carbonyl (C=O) groups is 1. The van der Waals surface area contributed by atoms with Crippen LogP contribution in [0.4, 0.5) is 0 Å². The lowest BCUT2D eigenvalue weighted by Gasteiger charge is -1.91. The summed E-state index contributed by atoms with van der Waals surface area (Å²) in [6, 6.07) is 3.45. The fourth-order valence-electron chi connectivity index (χ4n) is 0.893. The van der Waals surface area contributed by atoms with Crippen molar-refractivity contribution in [1.82, 2.24) is 14.6 Å². The maximum Gasteiger partial charge on any atom is 0.170 e. The van der Waals surface area contributed by atoms with E-state index in [4.69, 9.17) is 0 Å². The molecular weight excluding hydrogens is 142 g/mol. The van der Waals surface area contributed by atoms with Crippen LogP contribution in [0, 0.1) is 0 Å². The molecule has 2 heterocycles. The predicted molar refractivity (Wildman–Crippen MR) is 38.4 cm³/mol. The van der Waals surface area contributed by atoms with Gasteiger partial charge < -0.3 is 0 Å². The number of rotatable bonds is 1. The van der Waals surface area contributed by atoms with Crippen molar-refractivity contribution in [2.45, 2.75) is 0 Å². The van der Waals surface area contributed by atoms with Gasteiger partial charge in [0.05, 0.1) is 11.7 Å². The van der Waals surface area contributed by atoms with Crippen molar-refractivity contribution in [2.24, 2.45) is 0 Å². The second kappa shape index (κ2) is 2.16. The first-order chi connectivity index (χ1) is 5.40. The van der Waals surface area contributed by atoms with Crippen LogP contribution in [0.5, 0.6) is 0 Å². The molecule has 0 bridgehead atoms. The first kappa shape index (κ1) is 6.03. The summed E-state index contributed by atoms with van der Waals surface area (Å²) < 4.78 is 1.56. The Morgan fingerprint density at radius 1 is 1.45 bits per heavy atom. The molecule has 0 saturated heterocycles. The number of nitrogens with zero attached hydrogens (tertiary/aromatic N) is 3. The van der Waals surface area contributed by atoms with Crippen molar-refractivity contribution < 1.29 is 4.79 Å². The summed E-state index contributed by atoms with van der Waals surface area (Å²) in [5.74, 6) is 0. The third-order valence-electron chi connectivity index (χ3n) is 1.42. The molecule has 0 amide bonds. The Kier molecular flexibility index (Phi) is 1.18. The van der Waals surface area contributed by atoms with E-state index in [0.717, 1.165) is 5.52 Å². The van der Waals surface area contributed by atoms with Gasteiger partial charge in [-0.1, -0.05) is 0 Å². The maximum absolute atomic E-state index is 10.3. The quantitative estimate of drug-likeness (QED) is 0.553. The largest absolute Gasteiger partial charge is 0.296 e. The highest BCUT2D eigenvalue weighted by atomic mass is 16.1. The van der Waals surface area contributed by atoms with Crippen molar-refractivity contribution in [3.05, 3.63) is 30.4 Å². The average Bonchev–Trinajstić information content (AvgIpc) is 2.50. The molecule has 2 aromatic rings. The van der Waals surface area contributed by atoms with Crippen LogP contribution in [0.3, 0.4) is 0 Å². The van der Waals surface area contributed by atoms with Crippen molar-refractivity contribution >= 4 is 11.8 Å². The van der Waals surface area contributed by atoms with Crippen LogP contribution >= 0.6 is 0 Å². The molecule has 0 atom stereocenters. The maximum atomic E-state index is 10.3. The molecule has 54 valence electrons. The Labute approximate surface area is 62.5 Å². The SMILES string of the molecule is O=Cc1ccc2cncn2n1. The first-order valence-corrected chi connectivity index (χ1v) is 3.15. The molecular formula is C7H5N3O. The van der Waals surface area contributed by atoms with E-state index in [-0.39, 0.29) is 0 Å². The summed E-state index contributed by atoms with van der Waals surface area (Å²) in [5, 5.41) is 3.94. The van der Waals surface area contributed by atoms with Crippen LogP contribution in [-0.2, 0) is 0 Å². The van der Waals surface area contributed by atoms with Gasteiger partial charge in [-0.05, 0) is 12.1 Å². The summed E-state index contributed by atoms with van der Waals surface area (Å²) in [6.07, 6.45) is 3.95. The average molecular weight is 147 g/mol. The zero-order chi connectivity index (χ0) is 7.68. The Bertz CT molecular complexity index is 393. The molecule has 0 aliphatic heterocycles. The van der Waals surface area contributed by atoms with Crippen molar-refractivity contribution in [1.29, 1.82) is 0 Å². The van der Waals surface area contributed by atoms with E-state index in [9.17, 15) is 4.79 Å². The Hall–Kier alpha value is -1.71. The molecule has 4 heteroatoms. The van der Waals surface area contributed by atoms with Crippen molar-refractivity contribution in [3.63, 3.8) is 0 Å². The third-order valence-corrected chi connectivity index (χ3v) is 1.42. The lowest BCUT2D eigenvalue weighted by Crippen LogP contribution is -1.93. The monoisotopic (exact) mass is 147 g/mol. The van der Waals surface area contributed by atoms with E-state index in [1.807, 2.05) is 0 Å². The van der Waals surface area contributed by atoms with E-state index < -0.39 is 0 Å². The summed E-state index contributed by atoms with van der Waals surface area (Å²) in [5.41, 5.74) is 1.30. The minimum Gasteiger partial charge on any atom is -0.296 e. The zero-order valence-corrected chi connectivity index (χ0v) is 5.64. The topological polar surface area (TPSA) is 47.3 Å². The normalized spacial score (nSPS) is 10.2. The Balaban J connectivity index is 2.76. The van der Waals surface area contributed by atoms with E-state index in [0.29, 0.717) is 12.0 Å². The smallest absolute Gasteiger partial charge is 0.170 e. The zero-order valence-electron chi connectivity index (χ0n) is 5.64. The minimum absolute atomic E-state index is 0.413. The molecule has 11 heavy (non-hydrogen) atoms. The van der Waals surface area contributed by atoms with E-state index in [1.54, 1.807) is 29.2 Å². The van der Waals surface area contributed by atoms with Crippen LogP contribution in [0.2, 0.25) is 0 Å². The van der Waals surface area contributed by atoms with E-state index >= 15 is 0 Å². The standard InChI is InChI=1S/C7H5N3O/c11-4-6-1-2-7-3-8-5-10(7)9-6/h1-5H. The number of aldehydes is 1. The van der Waals surface area contributed by atoms with Gasteiger partial charge in [0.15, 0.2) is 6.29 Å². The molecule has 0 N–H and O–H groups in total. The molecule has 0 aromatic carbocycles. The highest BCUT2D eigenvalue weighted by Crippen LogP contribution is 1.99. The summed E-state index contributed by atoms with van der Waals surface area (Å²) in [7, 11) is 0. The number of hydrogen-bond donors (Lipinski definition) is 0. The lowest BCUT2D eigenvalue weighted by atomic mass is 10.4. The molecule has 0 aliphatic rings. The summed E-state index contributed by atoms with van der Waals surface area (Å²) >= 11 is 0. The van der Waals surface area contributed by atoms with Gasteiger partial charge in [-0.3, -0.25) is 4.79 Å².